The smallest absolute Gasteiger partial charge is 0.305 e. The van der Waals surface area contributed by atoms with Gasteiger partial charge in [-0.15, -0.1) is 11.3 Å². The van der Waals surface area contributed by atoms with Crippen LogP contribution in [0.1, 0.15) is 48.0 Å². The molecule has 136 valence electrons. The molecule has 0 bridgehead atoms. The van der Waals surface area contributed by atoms with E-state index in [-0.39, 0.29) is 30.4 Å². The van der Waals surface area contributed by atoms with Crippen LogP contribution >= 0.6 is 11.3 Å². The van der Waals surface area contributed by atoms with Crippen LogP contribution in [-0.4, -0.2) is 57.5 Å². The van der Waals surface area contributed by atoms with Crippen molar-refractivity contribution in [2.75, 3.05) is 13.7 Å². The maximum Gasteiger partial charge on any atom is 0.305 e. The van der Waals surface area contributed by atoms with E-state index in [2.05, 4.69) is 18.9 Å². The maximum absolute atomic E-state index is 13.0. The minimum absolute atomic E-state index is 0.0602. The summed E-state index contributed by atoms with van der Waals surface area (Å²) in [6, 6.07) is 1.56. The number of ether oxygens (including phenoxy) is 1. The number of aromatic nitrogens is 2. The summed E-state index contributed by atoms with van der Waals surface area (Å²) >= 11 is 1.41. The highest BCUT2D eigenvalue weighted by Crippen LogP contribution is 2.34. The maximum atomic E-state index is 13.0. The molecule has 1 saturated heterocycles. The summed E-state index contributed by atoms with van der Waals surface area (Å²) < 4.78 is 7.16. The van der Waals surface area contributed by atoms with Crippen LogP contribution in [-0.2, 0) is 16.6 Å². The second-order valence-electron chi connectivity index (χ2n) is 6.80. The van der Waals surface area contributed by atoms with Crippen LogP contribution in [0.2, 0.25) is 0 Å². The van der Waals surface area contributed by atoms with E-state index < -0.39 is 5.97 Å². The predicted octanol–water partition coefficient (Wildman–Crippen LogP) is 2.46. The summed E-state index contributed by atoms with van der Waals surface area (Å²) in [5.74, 6) is -0.755. The molecule has 2 aromatic rings. The molecule has 8 heteroatoms. The van der Waals surface area contributed by atoms with Crippen molar-refractivity contribution < 1.29 is 19.4 Å². The number of nitrogens with zero attached hydrogens (tertiary/aromatic N) is 3. The van der Waals surface area contributed by atoms with Crippen molar-refractivity contribution in [1.82, 2.24) is 14.7 Å². The topological polar surface area (TPSA) is 84.7 Å². The molecule has 2 unspecified atom stereocenters. The Bertz CT molecular complexity index is 810. The van der Waals surface area contributed by atoms with Crippen molar-refractivity contribution in [2.24, 2.45) is 7.05 Å². The Kier molecular flexibility index (Phi) is 4.83. The van der Waals surface area contributed by atoms with E-state index in [0.29, 0.717) is 17.8 Å². The van der Waals surface area contributed by atoms with Gasteiger partial charge in [0.15, 0.2) is 0 Å². The normalized spacial score (nSPS) is 20.8. The molecule has 0 aromatic carbocycles. The molecule has 0 radical (unpaired) electrons. The number of aryl methyl sites for hydroxylation is 1. The van der Waals surface area contributed by atoms with Gasteiger partial charge in [-0.2, -0.15) is 5.10 Å². The quantitative estimate of drug-likeness (QED) is 0.880. The van der Waals surface area contributed by atoms with Gasteiger partial charge in [0.25, 0.3) is 5.91 Å². The first-order valence-electron chi connectivity index (χ1n) is 8.33. The van der Waals surface area contributed by atoms with Crippen molar-refractivity contribution in [3.8, 4) is 0 Å². The molecule has 3 rings (SSSR count). The highest BCUT2D eigenvalue weighted by atomic mass is 32.1. The fourth-order valence-corrected chi connectivity index (χ4v) is 4.46. The van der Waals surface area contributed by atoms with E-state index in [0.717, 1.165) is 15.9 Å². The Morgan fingerprint density at radius 1 is 1.48 bits per heavy atom. The third-order valence-corrected chi connectivity index (χ3v) is 5.87. The molecule has 0 saturated carbocycles. The third-order valence-electron chi connectivity index (χ3n) is 4.68. The van der Waals surface area contributed by atoms with E-state index in [4.69, 9.17) is 9.84 Å². The molecular weight excluding hydrogens is 342 g/mol. The second kappa shape index (κ2) is 6.76. The van der Waals surface area contributed by atoms with Gasteiger partial charge in [0.2, 0.25) is 0 Å². The summed E-state index contributed by atoms with van der Waals surface area (Å²) in [5.41, 5.74) is 0.978. The number of amides is 1. The van der Waals surface area contributed by atoms with Crippen molar-refractivity contribution in [2.45, 2.75) is 44.8 Å². The van der Waals surface area contributed by atoms with E-state index in [1.807, 2.05) is 17.8 Å². The summed E-state index contributed by atoms with van der Waals surface area (Å²) in [6.45, 7) is 4.58. The lowest BCUT2D eigenvalue weighted by atomic mass is 10.1. The van der Waals surface area contributed by atoms with Gasteiger partial charge in [-0.05, 0) is 18.4 Å². The summed E-state index contributed by atoms with van der Waals surface area (Å²) in [6.07, 6.45) is 0.378. The number of methoxy groups -OCH3 is 1. The molecule has 1 aliphatic rings. The van der Waals surface area contributed by atoms with Gasteiger partial charge in [0, 0.05) is 32.1 Å². The predicted molar refractivity (Wildman–Crippen MR) is 95.2 cm³/mol. The van der Waals surface area contributed by atoms with Crippen molar-refractivity contribution in [3.63, 3.8) is 0 Å². The van der Waals surface area contributed by atoms with Gasteiger partial charge in [0.05, 0.1) is 23.1 Å². The zero-order valence-corrected chi connectivity index (χ0v) is 15.7. The van der Waals surface area contributed by atoms with Crippen LogP contribution in [0.25, 0.3) is 10.2 Å². The molecule has 1 amide bonds. The number of hydrogen-bond donors (Lipinski definition) is 1. The monoisotopic (exact) mass is 365 g/mol. The lowest BCUT2D eigenvalue weighted by molar-refractivity contribution is -0.137. The van der Waals surface area contributed by atoms with Gasteiger partial charge in [-0.3, -0.25) is 14.3 Å². The SMILES string of the molecule is COC1CC(CC(=O)O)N(C(=O)c2cc3c(C(C)C)nn(C)c3s2)C1. The molecule has 0 aliphatic carbocycles. The summed E-state index contributed by atoms with van der Waals surface area (Å²) in [7, 11) is 3.47. The molecule has 1 N–H and O–H groups in total. The average Bonchev–Trinajstić information content (AvgIpc) is 3.21. The number of carbonyl (C=O) groups excluding carboxylic acids is 1. The first kappa shape index (κ1) is 17.9. The minimum Gasteiger partial charge on any atom is -0.481 e. The number of hydrogen-bond acceptors (Lipinski definition) is 5. The number of carboxylic acid groups (broad SMARTS) is 1. The van der Waals surface area contributed by atoms with E-state index in [9.17, 15) is 9.59 Å². The Labute approximate surface area is 150 Å². The van der Waals surface area contributed by atoms with Crippen LogP contribution in [0, 0.1) is 0 Å². The molecule has 0 spiro atoms. The fraction of sp³-hybridized carbons (Fsp3) is 0.588. The zero-order valence-electron chi connectivity index (χ0n) is 14.9. The largest absolute Gasteiger partial charge is 0.481 e. The molecule has 2 aromatic heterocycles. The lowest BCUT2D eigenvalue weighted by Gasteiger charge is -2.22. The van der Waals surface area contributed by atoms with Crippen LogP contribution in [0.4, 0.5) is 0 Å². The molecule has 3 heterocycles. The van der Waals surface area contributed by atoms with Crippen molar-refractivity contribution >= 4 is 33.4 Å². The number of fused-ring (bicyclic) bond motifs is 1. The molecule has 7 nitrogen and oxygen atoms in total. The van der Waals surface area contributed by atoms with Gasteiger partial charge in [-0.1, -0.05) is 13.8 Å². The Morgan fingerprint density at radius 3 is 2.80 bits per heavy atom. The standard InChI is InChI=1S/C17H23N3O4S/c1-9(2)15-12-7-13(25-17(12)19(3)18-15)16(23)20-8-11(24-4)5-10(20)6-14(21)22/h7,9-11H,5-6,8H2,1-4H3,(H,21,22). The molecule has 2 atom stereocenters. The molecule has 25 heavy (non-hydrogen) atoms. The van der Waals surface area contributed by atoms with E-state index in [1.165, 1.54) is 11.3 Å². The number of aliphatic carboxylic acids is 1. The van der Waals surface area contributed by atoms with Crippen LogP contribution in [0.5, 0.6) is 0 Å². The van der Waals surface area contributed by atoms with Crippen molar-refractivity contribution in [3.05, 3.63) is 16.6 Å². The summed E-state index contributed by atoms with van der Waals surface area (Å²) in [5, 5.41) is 14.7. The number of rotatable bonds is 5. The van der Waals surface area contributed by atoms with Gasteiger partial charge in [-0.25, -0.2) is 0 Å². The van der Waals surface area contributed by atoms with Gasteiger partial charge < -0.3 is 14.7 Å². The second-order valence-corrected chi connectivity index (χ2v) is 7.83. The van der Waals surface area contributed by atoms with E-state index >= 15 is 0 Å². The molecular formula is C17H23N3O4S. The molecule has 1 aliphatic heterocycles. The molecule has 1 fully saturated rings. The first-order valence-corrected chi connectivity index (χ1v) is 9.15. The van der Waals surface area contributed by atoms with Crippen molar-refractivity contribution in [1.29, 1.82) is 0 Å². The Hall–Kier alpha value is -1.93. The first-order chi connectivity index (χ1) is 11.8. The summed E-state index contributed by atoms with van der Waals surface area (Å²) in [4.78, 5) is 27.4. The van der Waals surface area contributed by atoms with Crippen LogP contribution < -0.4 is 0 Å². The van der Waals surface area contributed by atoms with Gasteiger partial charge in [0.1, 0.15) is 4.83 Å². The van der Waals surface area contributed by atoms with Crippen LogP contribution in [0.3, 0.4) is 0 Å². The average molecular weight is 365 g/mol. The number of carbonyl (C=O) groups is 2. The Morgan fingerprint density at radius 2 is 2.20 bits per heavy atom. The zero-order chi connectivity index (χ0) is 18.3. The van der Waals surface area contributed by atoms with Crippen LogP contribution in [0.15, 0.2) is 6.07 Å². The van der Waals surface area contributed by atoms with E-state index in [1.54, 1.807) is 12.0 Å². The highest BCUT2D eigenvalue weighted by Gasteiger charge is 2.37. The third kappa shape index (κ3) is 3.28. The fourth-order valence-electron chi connectivity index (χ4n) is 3.43. The van der Waals surface area contributed by atoms with Gasteiger partial charge >= 0.3 is 5.97 Å². The minimum atomic E-state index is -0.901. The number of carboxylic acids is 1. The number of thiophene rings is 1. The highest BCUT2D eigenvalue weighted by molar-refractivity contribution is 7.20. The lowest BCUT2D eigenvalue weighted by Crippen LogP contribution is -2.36. The Balaban J connectivity index is 1.92. The number of likely N-dealkylation sites (tertiary alicyclic amines) is 1.